The minimum Gasteiger partial charge on any atom is -0.481 e. The molecule has 1 aromatic carbocycles. The van der Waals surface area contributed by atoms with Crippen LogP contribution in [0.2, 0.25) is 0 Å². The zero-order valence-corrected chi connectivity index (χ0v) is 12.6. The molecule has 0 amide bonds. The first kappa shape index (κ1) is 13.6. The fraction of sp³-hybridized carbons (Fsp3) is 0.529. The van der Waals surface area contributed by atoms with Crippen LogP contribution in [-0.2, 0) is 17.3 Å². The standard InChI is InChI=1S/C17H19NO4/c1-18-12-10-11(2-3-13(12)22-15(18)21)16-4-7-17(8-5-16,9-6-16)14(19)20/h2-3,10H,4-9H2,1H3,(H,19,20). The van der Waals surface area contributed by atoms with Crippen molar-refractivity contribution < 1.29 is 14.3 Å². The van der Waals surface area contributed by atoms with Gasteiger partial charge in [-0.1, -0.05) is 6.07 Å². The summed E-state index contributed by atoms with van der Waals surface area (Å²) in [5.41, 5.74) is 2.22. The van der Waals surface area contributed by atoms with E-state index in [1.54, 1.807) is 7.05 Å². The van der Waals surface area contributed by atoms with Gasteiger partial charge in [0.05, 0.1) is 10.9 Å². The highest BCUT2D eigenvalue weighted by atomic mass is 16.4. The molecular weight excluding hydrogens is 282 g/mol. The van der Waals surface area contributed by atoms with E-state index in [0.717, 1.165) is 44.0 Å². The fourth-order valence-corrected chi connectivity index (χ4v) is 4.40. The van der Waals surface area contributed by atoms with Gasteiger partial charge in [-0.25, -0.2) is 4.79 Å². The zero-order chi connectivity index (χ0) is 15.5. The number of fused-ring (bicyclic) bond motifs is 4. The van der Waals surface area contributed by atoms with E-state index in [-0.39, 0.29) is 11.2 Å². The van der Waals surface area contributed by atoms with E-state index in [0.29, 0.717) is 5.58 Å². The molecule has 0 spiro atoms. The van der Waals surface area contributed by atoms with Crippen LogP contribution in [0.1, 0.15) is 44.1 Å². The molecule has 0 atom stereocenters. The summed E-state index contributed by atoms with van der Waals surface area (Å²) in [6.07, 6.45) is 5.00. The molecular formula is C17H19NO4. The minimum atomic E-state index is -0.631. The summed E-state index contributed by atoms with van der Waals surface area (Å²) in [6, 6.07) is 5.97. The smallest absolute Gasteiger partial charge is 0.419 e. The van der Waals surface area contributed by atoms with Crippen molar-refractivity contribution in [3.8, 4) is 0 Å². The predicted molar refractivity (Wildman–Crippen MR) is 80.9 cm³/mol. The van der Waals surface area contributed by atoms with Crippen molar-refractivity contribution >= 4 is 17.1 Å². The molecule has 2 bridgehead atoms. The summed E-state index contributed by atoms with van der Waals surface area (Å²) in [6.45, 7) is 0. The number of carbonyl (C=O) groups is 1. The average Bonchev–Trinajstić information content (AvgIpc) is 2.83. The van der Waals surface area contributed by atoms with Crippen molar-refractivity contribution in [3.63, 3.8) is 0 Å². The Morgan fingerprint density at radius 1 is 1.18 bits per heavy atom. The van der Waals surface area contributed by atoms with Gasteiger partial charge in [0, 0.05) is 7.05 Å². The maximum atomic E-state index is 11.6. The van der Waals surface area contributed by atoms with Crippen LogP contribution >= 0.6 is 0 Å². The Labute approximate surface area is 127 Å². The van der Waals surface area contributed by atoms with Gasteiger partial charge in [0.1, 0.15) is 0 Å². The summed E-state index contributed by atoms with van der Waals surface area (Å²) in [5, 5.41) is 9.50. The summed E-state index contributed by atoms with van der Waals surface area (Å²) in [4.78, 5) is 23.2. The first-order chi connectivity index (χ1) is 10.5. The quantitative estimate of drug-likeness (QED) is 0.925. The molecule has 2 aromatic rings. The Hall–Kier alpha value is -2.04. The molecule has 5 heteroatoms. The molecule has 1 aromatic heterocycles. The zero-order valence-electron chi connectivity index (χ0n) is 12.6. The maximum absolute atomic E-state index is 11.6. The molecule has 0 radical (unpaired) electrons. The van der Waals surface area contributed by atoms with Crippen molar-refractivity contribution in [1.82, 2.24) is 4.57 Å². The number of carboxylic acids is 1. The van der Waals surface area contributed by atoms with Gasteiger partial charge in [-0.15, -0.1) is 0 Å². The maximum Gasteiger partial charge on any atom is 0.419 e. The Kier molecular flexibility index (Phi) is 2.63. The highest BCUT2D eigenvalue weighted by Crippen LogP contribution is 2.57. The Morgan fingerprint density at radius 2 is 1.82 bits per heavy atom. The van der Waals surface area contributed by atoms with Crippen molar-refractivity contribution in [2.75, 3.05) is 0 Å². The molecule has 116 valence electrons. The number of nitrogens with zero attached hydrogens (tertiary/aromatic N) is 1. The number of carboxylic acid groups (broad SMARTS) is 1. The summed E-state index contributed by atoms with van der Waals surface area (Å²) >= 11 is 0. The minimum absolute atomic E-state index is 0.0682. The Morgan fingerprint density at radius 3 is 2.41 bits per heavy atom. The van der Waals surface area contributed by atoms with Gasteiger partial charge in [0.2, 0.25) is 0 Å². The second-order valence-electron chi connectivity index (χ2n) is 6.98. The van der Waals surface area contributed by atoms with Gasteiger partial charge >= 0.3 is 11.7 Å². The van der Waals surface area contributed by atoms with E-state index >= 15 is 0 Å². The highest BCUT2D eigenvalue weighted by Gasteiger charge is 2.53. The average molecular weight is 301 g/mol. The van der Waals surface area contributed by atoms with E-state index < -0.39 is 11.4 Å². The lowest BCUT2D eigenvalue weighted by Crippen LogP contribution is -2.47. The number of aliphatic carboxylic acids is 1. The van der Waals surface area contributed by atoms with E-state index in [4.69, 9.17) is 4.42 Å². The van der Waals surface area contributed by atoms with Crippen molar-refractivity contribution in [2.24, 2.45) is 12.5 Å². The number of rotatable bonds is 2. The van der Waals surface area contributed by atoms with Crippen LogP contribution in [-0.4, -0.2) is 15.6 Å². The van der Waals surface area contributed by atoms with Crippen LogP contribution in [0, 0.1) is 5.41 Å². The number of hydrogen-bond donors (Lipinski definition) is 1. The van der Waals surface area contributed by atoms with Crippen LogP contribution in [0.3, 0.4) is 0 Å². The summed E-state index contributed by atoms with van der Waals surface area (Å²) in [7, 11) is 1.72. The van der Waals surface area contributed by atoms with E-state index in [2.05, 4.69) is 6.07 Å². The van der Waals surface area contributed by atoms with Gasteiger partial charge in [-0.05, 0) is 61.6 Å². The second-order valence-corrected chi connectivity index (χ2v) is 6.98. The van der Waals surface area contributed by atoms with Crippen molar-refractivity contribution in [3.05, 3.63) is 34.3 Å². The predicted octanol–water partition coefficient (Wildman–Crippen LogP) is 2.81. The molecule has 5 nitrogen and oxygen atoms in total. The number of hydrogen-bond acceptors (Lipinski definition) is 3. The first-order valence-corrected chi connectivity index (χ1v) is 7.79. The van der Waals surface area contributed by atoms with Gasteiger partial charge < -0.3 is 9.52 Å². The number of oxazole rings is 1. The van der Waals surface area contributed by atoms with Gasteiger partial charge in [-0.2, -0.15) is 0 Å². The largest absolute Gasteiger partial charge is 0.481 e. The molecule has 22 heavy (non-hydrogen) atoms. The van der Waals surface area contributed by atoms with Crippen LogP contribution < -0.4 is 5.76 Å². The van der Waals surface area contributed by atoms with Crippen molar-refractivity contribution in [2.45, 2.75) is 43.9 Å². The first-order valence-electron chi connectivity index (χ1n) is 7.79. The third kappa shape index (κ3) is 1.65. The van der Waals surface area contributed by atoms with Crippen LogP contribution in [0.25, 0.3) is 11.1 Å². The molecule has 3 aliphatic rings. The Bertz CT molecular complexity index is 804. The lowest BCUT2D eigenvalue weighted by atomic mass is 9.52. The molecule has 5 rings (SSSR count). The third-order valence-corrected chi connectivity index (χ3v) is 6.10. The number of aryl methyl sites for hydroxylation is 1. The van der Waals surface area contributed by atoms with E-state index in [1.165, 1.54) is 10.1 Å². The second kappa shape index (κ2) is 4.24. The number of benzene rings is 1. The topological polar surface area (TPSA) is 72.4 Å². The van der Waals surface area contributed by atoms with Crippen LogP contribution in [0.5, 0.6) is 0 Å². The monoisotopic (exact) mass is 301 g/mol. The normalized spacial score (nSPS) is 30.8. The molecule has 0 unspecified atom stereocenters. The lowest BCUT2D eigenvalue weighted by molar-refractivity contribution is -0.156. The molecule has 1 N–H and O–H groups in total. The highest BCUT2D eigenvalue weighted by molar-refractivity contribution is 5.76. The van der Waals surface area contributed by atoms with Crippen LogP contribution in [0.4, 0.5) is 0 Å². The molecule has 3 fully saturated rings. The fourth-order valence-electron chi connectivity index (χ4n) is 4.40. The third-order valence-electron chi connectivity index (χ3n) is 6.10. The molecule has 0 aliphatic heterocycles. The molecule has 3 saturated carbocycles. The SMILES string of the molecule is Cn1c(=O)oc2ccc(C34CCC(C(=O)O)(CC3)CC4)cc21. The van der Waals surface area contributed by atoms with Gasteiger partial charge in [-0.3, -0.25) is 9.36 Å². The van der Waals surface area contributed by atoms with Gasteiger partial charge in [0.15, 0.2) is 5.58 Å². The Balaban J connectivity index is 1.76. The summed E-state index contributed by atoms with van der Waals surface area (Å²) < 4.78 is 6.73. The molecule has 0 saturated heterocycles. The van der Waals surface area contributed by atoms with E-state index in [9.17, 15) is 14.7 Å². The van der Waals surface area contributed by atoms with Gasteiger partial charge in [0.25, 0.3) is 0 Å². The summed E-state index contributed by atoms with van der Waals surface area (Å²) in [5.74, 6) is -0.977. The lowest BCUT2D eigenvalue weighted by Gasteiger charge is -2.51. The molecule has 3 aliphatic carbocycles. The molecule has 1 heterocycles. The number of aromatic nitrogens is 1. The van der Waals surface area contributed by atoms with Crippen molar-refractivity contribution in [1.29, 1.82) is 0 Å². The van der Waals surface area contributed by atoms with Crippen LogP contribution in [0.15, 0.2) is 27.4 Å². The van der Waals surface area contributed by atoms with E-state index in [1.807, 2.05) is 12.1 Å².